The molecule has 0 unspecified atom stereocenters. The maximum absolute atomic E-state index is 2.25. The molecule has 0 atom stereocenters. The van der Waals surface area contributed by atoms with Crippen molar-refractivity contribution in [3.8, 4) is 11.4 Å². The third-order valence-electron chi connectivity index (χ3n) is 8.45. The van der Waals surface area contributed by atoms with E-state index in [9.17, 15) is 0 Å². The minimum atomic E-state index is 0. The summed E-state index contributed by atoms with van der Waals surface area (Å²) in [6.07, 6.45) is 6.63. The molecule has 0 bridgehead atoms. The maximum atomic E-state index is 2.25. The maximum Gasteiger partial charge on any atom is 2.00 e. The van der Waals surface area contributed by atoms with Gasteiger partial charge < -0.3 is 9.13 Å². The molecule has 0 saturated heterocycles. The van der Waals surface area contributed by atoms with Crippen molar-refractivity contribution in [1.82, 2.24) is 9.13 Å². The summed E-state index contributed by atoms with van der Waals surface area (Å²) >= 11 is 0. The third kappa shape index (κ3) is 8.67. The number of aromatic nitrogens is 2. The molecule has 0 N–H and O–H groups in total. The van der Waals surface area contributed by atoms with Crippen molar-refractivity contribution < 1.29 is 26.2 Å². The molecule has 47 heavy (non-hydrogen) atoms. The number of nitrogens with zero attached hydrogens (tertiary/aromatic N) is 2. The second-order valence-corrected chi connectivity index (χ2v) is 12.2. The van der Waals surface area contributed by atoms with Gasteiger partial charge in [0.15, 0.2) is 0 Å². The summed E-state index contributed by atoms with van der Waals surface area (Å²) in [5, 5.41) is 5.23. The fraction of sp³-hybridized carbons (Fsp3) is 0.136. The van der Waals surface area contributed by atoms with Gasteiger partial charge in [0.25, 0.3) is 0 Å². The number of benzene rings is 4. The molecule has 232 valence electrons. The largest absolute Gasteiger partial charge is 2.00 e. The van der Waals surface area contributed by atoms with E-state index in [4.69, 9.17) is 0 Å². The van der Waals surface area contributed by atoms with Crippen LogP contribution in [-0.2, 0) is 39.0 Å². The van der Waals surface area contributed by atoms with Gasteiger partial charge in [-0.25, -0.2) is 0 Å². The molecule has 0 amide bonds. The summed E-state index contributed by atoms with van der Waals surface area (Å²) in [6, 6.07) is 51.6. The molecular formula is C44H42N2Zr. The summed E-state index contributed by atoms with van der Waals surface area (Å²) in [5.74, 6) is 0. The number of hydrogen-bond acceptors (Lipinski definition) is 0. The van der Waals surface area contributed by atoms with Gasteiger partial charge in [0.1, 0.15) is 0 Å². The van der Waals surface area contributed by atoms with Crippen LogP contribution in [0.5, 0.6) is 0 Å². The van der Waals surface area contributed by atoms with Crippen LogP contribution in [0.2, 0.25) is 0 Å². The van der Waals surface area contributed by atoms with Crippen molar-refractivity contribution in [2.75, 3.05) is 0 Å². The van der Waals surface area contributed by atoms with Crippen molar-refractivity contribution in [2.45, 2.75) is 40.5 Å². The second-order valence-electron chi connectivity index (χ2n) is 12.2. The second kappa shape index (κ2) is 15.9. The Morgan fingerprint density at radius 1 is 0.447 bits per heavy atom. The Morgan fingerprint density at radius 2 is 0.809 bits per heavy atom. The van der Waals surface area contributed by atoms with Gasteiger partial charge in [-0.1, -0.05) is 72.8 Å². The molecule has 0 saturated carbocycles. The molecule has 0 fully saturated rings. The van der Waals surface area contributed by atoms with Crippen LogP contribution in [-0.4, -0.2) is 9.13 Å². The van der Waals surface area contributed by atoms with Gasteiger partial charge in [0, 0.05) is 23.8 Å². The predicted octanol–water partition coefficient (Wildman–Crippen LogP) is 11.4. The van der Waals surface area contributed by atoms with E-state index >= 15 is 0 Å². The van der Waals surface area contributed by atoms with Crippen LogP contribution >= 0.6 is 0 Å². The normalized spacial score (nSPS) is 10.6. The van der Waals surface area contributed by atoms with E-state index in [1.165, 1.54) is 66.6 Å². The topological polar surface area (TPSA) is 9.86 Å². The molecule has 0 spiro atoms. The Morgan fingerprint density at radius 3 is 1.15 bits per heavy atom. The SMILES string of the molecule is Cc1cc(C)n(-c2cc3ccccc3[cH-]2)c1.Cc1cc(C)n(-c2cc3ccccc3[cH-]2)c1.[Zr+2].c1ccc(CCc2ccccc2)cc1. The van der Waals surface area contributed by atoms with Gasteiger partial charge in [-0.3, -0.25) is 0 Å². The monoisotopic (exact) mass is 688 g/mol. The molecule has 6 aromatic carbocycles. The van der Waals surface area contributed by atoms with Crippen molar-refractivity contribution >= 4 is 21.5 Å². The molecule has 8 rings (SSSR count). The Bertz CT molecular complexity index is 1920. The Hall–Kier alpha value is -4.46. The molecule has 3 heteroatoms. The number of fused-ring (bicyclic) bond motifs is 2. The molecular weight excluding hydrogens is 648 g/mol. The first-order valence-corrected chi connectivity index (χ1v) is 16.1. The number of rotatable bonds is 5. The Labute approximate surface area is 298 Å². The summed E-state index contributed by atoms with van der Waals surface area (Å²) in [4.78, 5) is 0. The van der Waals surface area contributed by atoms with E-state index in [1.807, 2.05) is 0 Å². The minimum absolute atomic E-state index is 0. The van der Waals surface area contributed by atoms with Crippen molar-refractivity contribution in [3.05, 3.63) is 192 Å². The molecule has 0 aliphatic rings. The van der Waals surface area contributed by atoms with E-state index in [0.717, 1.165) is 12.8 Å². The molecule has 8 aromatic rings. The first-order valence-electron chi connectivity index (χ1n) is 16.1. The molecule has 0 aliphatic carbocycles. The van der Waals surface area contributed by atoms with Crippen molar-refractivity contribution in [3.63, 3.8) is 0 Å². The zero-order valence-corrected chi connectivity index (χ0v) is 30.3. The van der Waals surface area contributed by atoms with Gasteiger partial charge in [-0.2, -0.15) is 0 Å². The fourth-order valence-corrected chi connectivity index (χ4v) is 6.16. The molecule has 0 aliphatic heterocycles. The fourth-order valence-electron chi connectivity index (χ4n) is 6.16. The molecule has 2 nitrogen and oxygen atoms in total. The zero-order valence-electron chi connectivity index (χ0n) is 27.8. The molecule has 2 heterocycles. The number of aryl methyl sites for hydroxylation is 6. The van der Waals surface area contributed by atoms with Crippen LogP contribution in [0.15, 0.2) is 158 Å². The number of hydrogen-bond donors (Lipinski definition) is 0. The average Bonchev–Trinajstić information content (AvgIpc) is 3.86. The smallest absolute Gasteiger partial charge is 0.339 e. The zero-order chi connectivity index (χ0) is 31.9. The van der Waals surface area contributed by atoms with E-state index in [2.05, 4.69) is 195 Å². The van der Waals surface area contributed by atoms with Crippen molar-refractivity contribution in [2.24, 2.45) is 0 Å². The van der Waals surface area contributed by atoms with Gasteiger partial charge in [0.05, 0.1) is 0 Å². The van der Waals surface area contributed by atoms with Crippen LogP contribution in [0.4, 0.5) is 0 Å². The van der Waals surface area contributed by atoms with E-state index < -0.39 is 0 Å². The van der Waals surface area contributed by atoms with Crippen LogP contribution < -0.4 is 0 Å². The van der Waals surface area contributed by atoms with Crippen LogP contribution in [0.25, 0.3) is 32.9 Å². The van der Waals surface area contributed by atoms with Crippen LogP contribution in [0.3, 0.4) is 0 Å². The van der Waals surface area contributed by atoms with Crippen LogP contribution in [0, 0.1) is 27.7 Å². The van der Waals surface area contributed by atoms with E-state index in [0.29, 0.717) is 0 Å². The summed E-state index contributed by atoms with van der Waals surface area (Å²) in [5.41, 5.74) is 10.5. The van der Waals surface area contributed by atoms with E-state index in [1.54, 1.807) is 0 Å². The standard InChI is InChI=1S/2C15H14N.C14H14.Zr/c2*1-11-7-12(2)16(10-11)15-8-13-5-3-4-6-14(13)9-15;1-3-7-13(8-4-1)11-12-14-9-5-2-6-10-14;/h2*3-10H,1-2H3;1-10H,11-12H2;/q2*-1;;+2. The van der Waals surface area contributed by atoms with Gasteiger partial charge in [0.2, 0.25) is 0 Å². The van der Waals surface area contributed by atoms with Gasteiger partial charge >= 0.3 is 26.2 Å². The average molecular weight is 690 g/mol. The van der Waals surface area contributed by atoms with Gasteiger partial charge in [-0.05, 0) is 86.3 Å². The first-order chi connectivity index (χ1) is 22.4. The third-order valence-corrected chi connectivity index (χ3v) is 8.45. The Kier molecular flexibility index (Phi) is 11.5. The van der Waals surface area contributed by atoms with Crippen molar-refractivity contribution in [1.29, 1.82) is 0 Å². The summed E-state index contributed by atoms with van der Waals surface area (Å²) in [6.45, 7) is 8.55. The Balaban J connectivity index is 0.000000137. The minimum Gasteiger partial charge on any atom is -0.339 e. The quantitative estimate of drug-likeness (QED) is 0.159. The molecule has 2 aromatic heterocycles. The molecule has 0 radical (unpaired) electrons. The summed E-state index contributed by atoms with van der Waals surface area (Å²) in [7, 11) is 0. The van der Waals surface area contributed by atoms with Gasteiger partial charge in [-0.15, -0.1) is 82.2 Å². The van der Waals surface area contributed by atoms with Crippen LogP contribution in [0.1, 0.15) is 33.6 Å². The predicted molar refractivity (Wildman–Crippen MR) is 197 cm³/mol. The summed E-state index contributed by atoms with van der Waals surface area (Å²) < 4.78 is 4.49. The van der Waals surface area contributed by atoms with E-state index in [-0.39, 0.29) is 26.2 Å². The first kappa shape index (κ1) is 33.9.